The molecule has 9 heteroatoms. The van der Waals surface area contributed by atoms with Crippen LogP contribution in [0.3, 0.4) is 0 Å². The number of rotatable bonds is 2. The van der Waals surface area contributed by atoms with Crippen LogP contribution in [0.2, 0.25) is 0 Å². The van der Waals surface area contributed by atoms with Crippen molar-refractivity contribution < 1.29 is 22.9 Å². The Bertz CT molecular complexity index is 447. The predicted octanol–water partition coefficient (Wildman–Crippen LogP) is 2.24. The lowest BCUT2D eigenvalue weighted by atomic mass is 10.3. The highest BCUT2D eigenvalue weighted by Crippen LogP contribution is 2.17. The van der Waals surface area contributed by atoms with E-state index in [0.717, 1.165) is 12.1 Å². The minimum Gasteiger partial charge on any atom is -0.308 e. The van der Waals surface area contributed by atoms with Crippen LogP contribution in [0.15, 0.2) is 24.3 Å². The highest BCUT2D eigenvalue weighted by atomic mass is 19.4. The second-order valence-corrected chi connectivity index (χ2v) is 2.88. The minimum absolute atomic E-state index is 0.110. The Kier molecular flexibility index (Phi) is 3.51. The Labute approximate surface area is 92.6 Å². The van der Waals surface area contributed by atoms with Gasteiger partial charge >= 0.3 is 12.3 Å². The van der Waals surface area contributed by atoms with Crippen LogP contribution in [0.1, 0.15) is 0 Å². The molecule has 0 saturated heterocycles. The molecule has 2 N–H and O–H groups in total. The second-order valence-electron chi connectivity index (χ2n) is 2.88. The van der Waals surface area contributed by atoms with E-state index in [-0.39, 0.29) is 11.4 Å². The Morgan fingerprint density at radius 2 is 2.00 bits per heavy atom. The summed E-state index contributed by atoms with van der Waals surface area (Å²) in [6.07, 6.45) is -4.86. The SMILES string of the molecule is O=C(Nc1cccc([N+](=O)[O-])c1)NC(F)(F)F. The first-order chi connectivity index (χ1) is 7.78. The summed E-state index contributed by atoms with van der Waals surface area (Å²) in [4.78, 5) is 20.4. The molecular formula is C8H6F3N3O3. The number of urea groups is 1. The summed E-state index contributed by atoms with van der Waals surface area (Å²) in [7, 11) is 0. The van der Waals surface area contributed by atoms with Gasteiger partial charge in [0.25, 0.3) is 5.69 Å². The van der Waals surface area contributed by atoms with E-state index in [1.54, 1.807) is 0 Å². The maximum atomic E-state index is 11.7. The van der Waals surface area contributed by atoms with Crippen molar-refractivity contribution in [1.29, 1.82) is 0 Å². The van der Waals surface area contributed by atoms with Crippen LogP contribution in [-0.2, 0) is 0 Å². The molecule has 0 bridgehead atoms. The molecule has 0 aliphatic carbocycles. The molecule has 6 nitrogen and oxygen atoms in total. The number of nitro groups is 1. The number of nitrogens with zero attached hydrogens (tertiary/aromatic N) is 1. The monoisotopic (exact) mass is 249 g/mol. The average molecular weight is 249 g/mol. The number of carbonyl (C=O) groups is 1. The summed E-state index contributed by atoms with van der Waals surface area (Å²) in [6, 6.07) is 3.03. The molecular weight excluding hydrogens is 243 g/mol. The maximum Gasteiger partial charge on any atom is 0.485 e. The number of amides is 2. The standard InChI is InChI=1S/C8H6F3N3O3/c9-8(10,11)13-7(15)12-5-2-1-3-6(4-5)14(16)17/h1-4H,(H2,12,13,15). The van der Waals surface area contributed by atoms with Crippen LogP contribution in [0.25, 0.3) is 0 Å². The van der Waals surface area contributed by atoms with Crippen LogP contribution in [-0.4, -0.2) is 17.3 Å². The number of nitrogens with one attached hydrogen (secondary N) is 2. The number of carbonyl (C=O) groups excluding carboxylic acids is 1. The van der Waals surface area contributed by atoms with Gasteiger partial charge in [-0.15, -0.1) is 0 Å². The number of alkyl halides is 3. The summed E-state index contributed by atoms with van der Waals surface area (Å²) in [5.41, 5.74) is -0.448. The van der Waals surface area contributed by atoms with Gasteiger partial charge in [-0.2, -0.15) is 13.2 Å². The van der Waals surface area contributed by atoms with Crippen molar-refractivity contribution in [2.24, 2.45) is 0 Å². The number of hydrogen-bond donors (Lipinski definition) is 2. The summed E-state index contributed by atoms with van der Waals surface area (Å²) in [5.74, 6) is 0. The lowest BCUT2D eigenvalue weighted by Crippen LogP contribution is -2.40. The zero-order valence-corrected chi connectivity index (χ0v) is 8.12. The largest absolute Gasteiger partial charge is 0.485 e. The molecule has 0 aromatic heterocycles. The highest BCUT2D eigenvalue weighted by molar-refractivity contribution is 5.89. The zero-order valence-electron chi connectivity index (χ0n) is 8.12. The Balaban J connectivity index is 2.72. The fourth-order valence-corrected chi connectivity index (χ4v) is 0.988. The fraction of sp³-hybridized carbons (Fsp3) is 0.125. The summed E-state index contributed by atoms with van der Waals surface area (Å²) >= 11 is 0. The summed E-state index contributed by atoms with van der Waals surface area (Å²) < 4.78 is 35.2. The van der Waals surface area contributed by atoms with Crippen molar-refractivity contribution in [3.63, 3.8) is 0 Å². The molecule has 0 unspecified atom stereocenters. The molecule has 0 aliphatic heterocycles. The average Bonchev–Trinajstić information content (AvgIpc) is 2.14. The van der Waals surface area contributed by atoms with Crippen LogP contribution in [0.4, 0.5) is 29.3 Å². The first-order valence-electron chi connectivity index (χ1n) is 4.18. The lowest BCUT2D eigenvalue weighted by molar-refractivity contribution is -0.384. The number of anilines is 1. The van der Waals surface area contributed by atoms with Crippen molar-refractivity contribution in [2.75, 3.05) is 5.32 Å². The van der Waals surface area contributed by atoms with Gasteiger partial charge in [0.15, 0.2) is 0 Å². The van der Waals surface area contributed by atoms with Crippen LogP contribution < -0.4 is 10.6 Å². The van der Waals surface area contributed by atoms with E-state index in [0.29, 0.717) is 5.32 Å². The lowest BCUT2D eigenvalue weighted by Gasteiger charge is -2.09. The van der Waals surface area contributed by atoms with Crippen molar-refractivity contribution in [1.82, 2.24) is 5.32 Å². The number of halogens is 3. The fourth-order valence-electron chi connectivity index (χ4n) is 0.988. The number of non-ortho nitro benzene ring substituents is 1. The molecule has 0 saturated carbocycles. The van der Waals surface area contributed by atoms with E-state index in [4.69, 9.17) is 0 Å². The molecule has 0 fully saturated rings. The molecule has 1 rings (SSSR count). The molecule has 17 heavy (non-hydrogen) atoms. The van der Waals surface area contributed by atoms with Crippen molar-refractivity contribution in [2.45, 2.75) is 6.30 Å². The van der Waals surface area contributed by atoms with Gasteiger partial charge in [0.05, 0.1) is 4.92 Å². The van der Waals surface area contributed by atoms with Crippen LogP contribution in [0, 0.1) is 10.1 Å². The Morgan fingerprint density at radius 3 is 2.53 bits per heavy atom. The molecule has 1 aromatic carbocycles. The zero-order chi connectivity index (χ0) is 13.1. The van der Waals surface area contributed by atoms with Gasteiger partial charge in [-0.25, -0.2) is 10.1 Å². The molecule has 0 atom stereocenters. The second kappa shape index (κ2) is 4.68. The van der Waals surface area contributed by atoms with E-state index < -0.39 is 17.3 Å². The van der Waals surface area contributed by atoms with Crippen molar-refractivity contribution in [3.8, 4) is 0 Å². The number of nitro benzene ring substituents is 1. The summed E-state index contributed by atoms with van der Waals surface area (Å²) in [5, 5.41) is 12.9. The molecule has 0 spiro atoms. The van der Waals surface area contributed by atoms with E-state index in [1.807, 2.05) is 5.32 Å². The van der Waals surface area contributed by atoms with Gasteiger partial charge in [0.2, 0.25) is 0 Å². The third-order valence-electron chi connectivity index (χ3n) is 1.57. The van der Waals surface area contributed by atoms with E-state index in [9.17, 15) is 28.1 Å². The quantitative estimate of drug-likeness (QED) is 0.479. The van der Waals surface area contributed by atoms with Crippen molar-refractivity contribution >= 4 is 17.4 Å². The number of benzene rings is 1. The van der Waals surface area contributed by atoms with Gasteiger partial charge in [-0.1, -0.05) is 6.07 Å². The Morgan fingerprint density at radius 1 is 1.35 bits per heavy atom. The molecule has 0 aliphatic rings. The van der Waals surface area contributed by atoms with Gasteiger partial charge in [-0.3, -0.25) is 10.1 Å². The first kappa shape index (κ1) is 12.7. The molecule has 0 radical (unpaired) electrons. The van der Waals surface area contributed by atoms with Gasteiger partial charge in [0, 0.05) is 17.8 Å². The third kappa shape index (κ3) is 4.36. The smallest absolute Gasteiger partial charge is 0.308 e. The topological polar surface area (TPSA) is 84.3 Å². The first-order valence-corrected chi connectivity index (χ1v) is 4.18. The number of hydrogen-bond acceptors (Lipinski definition) is 3. The third-order valence-corrected chi connectivity index (χ3v) is 1.57. The van der Waals surface area contributed by atoms with Gasteiger partial charge in [-0.05, 0) is 6.07 Å². The Hall–Kier alpha value is -2.32. The molecule has 0 heterocycles. The maximum absolute atomic E-state index is 11.7. The highest BCUT2D eigenvalue weighted by Gasteiger charge is 2.30. The minimum atomic E-state index is -4.86. The van der Waals surface area contributed by atoms with E-state index in [1.165, 1.54) is 12.1 Å². The van der Waals surface area contributed by atoms with E-state index >= 15 is 0 Å². The van der Waals surface area contributed by atoms with Crippen LogP contribution in [0.5, 0.6) is 0 Å². The van der Waals surface area contributed by atoms with Gasteiger partial charge < -0.3 is 5.32 Å². The summed E-state index contributed by atoms with van der Waals surface area (Å²) in [6.45, 7) is 0. The molecule has 2 amide bonds. The van der Waals surface area contributed by atoms with Crippen LogP contribution >= 0.6 is 0 Å². The van der Waals surface area contributed by atoms with E-state index in [2.05, 4.69) is 0 Å². The molecule has 92 valence electrons. The van der Waals surface area contributed by atoms with Gasteiger partial charge in [0.1, 0.15) is 0 Å². The normalized spacial score (nSPS) is 10.8. The predicted molar refractivity (Wildman–Crippen MR) is 51.3 cm³/mol. The van der Waals surface area contributed by atoms with Crippen molar-refractivity contribution in [3.05, 3.63) is 34.4 Å². The molecule has 1 aromatic rings.